The van der Waals surface area contributed by atoms with Gasteiger partial charge in [-0.25, -0.2) is 0 Å². The van der Waals surface area contributed by atoms with E-state index in [1.165, 1.54) is 0 Å². The third-order valence-electron chi connectivity index (χ3n) is 4.79. The Morgan fingerprint density at radius 1 is 0.857 bits per heavy atom. The van der Waals surface area contributed by atoms with Crippen LogP contribution in [0.5, 0.6) is 11.5 Å². The summed E-state index contributed by atoms with van der Waals surface area (Å²) in [5.74, 6) is 1.36. The molecule has 0 unspecified atom stereocenters. The van der Waals surface area contributed by atoms with Crippen LogP contribution < -0.4 is 9.47 Å². The van der Waals surface area contributed by atoms with Gasteiger partial charge in [0.15, 0.2) is 6.61 Å². The van der Waals surface area contributed by atoms with Crippen molar-refractivity contribution in [2.45, 2.75) is 13.8 Å². The van der Waals surface area contributed by atoms with Gasteiger partial charge in [0.1, 0.15) is 11.5 Å². The molecule has 1 heterocycles. The number of ether oxygens (including phenoxy) is 2. The molecule has 28 heavy (non-hydrogen) atoms. The SMILES string of the molecule is CCOc1ccc(OCC(=O)N2CCN(C(=O)c3ccccc3C)CC2)cc1. The van der Waals surface area contributed by atoms with E-state index in [-0.39, 0.29) is 18.4 Å². The van der Waals surface area contributed by atoms with Crippen LogP contribution in [0, 0.1) is 6.92 Å². The van der Waals surface area contributed by atoms with Gasteiger partial charge in [-0.2, -0.15) is 0 Å². The fourth-order valence-corrected chi connectivity index (χ4v) is 3.18. The predicted molar refractivity (Wildman–Crippen MR) is 107 cm³/mol. The highest BCUT2D eigenvalue weighted by Crippen LogP contribution is 2.18. The molecule has 2 amide bonds. The topological polar surface area (TPSA) is 59.1 Å². The molecule has 1 aliphatic rings. The lowest BCUT2D eigenvalue weighted by Gasteiger charge is -2.35. The maximum Gasteiger partial charge on any atom is 0.260 e. The number of rotatable bonds is 6. The van der Waals surface area contributed by atoms with Crippen molar-refractivity contribution < 1.29 is 19.1 Å². The molecule has 148 valence electrons. The zero-order valence-corrected chi connectivity index (χ0v) is 16.4. The minimum absolute atomic E-state index is 0.0142. The highest BCUT2D eigenvalue weighted by atomic mass is 16.5. The van der Waals surface area contributed by atoms with E-state index in [9.17, 15) is 9.59 Å². The molecular formula is C22H26N2O4. The highest BCUT2D eigenvalue weighted by molar-refractivity contribution is 5.95. The Bertz CT molecular complexity index is 812. The molecule has 0 atom stereocenters. The van der Waals surface area contributed by atoms with Crippen LogP contribution >= 0.6 is 0 Å². The molecule has 1 saturated heterocycles. The van der Waals surface area contributed by atoms with E-state index in [1.54, 1.807) is 21.9 Å². The van der Waals surface area contributed by atoms with Crippen LogP contribution in [0.15, 0.2) is 48.5 Å². The number of aryl methyl sites for hydroxylation is 1. The third kappa shape index (κ3) is 4.82. The van der Waals surface area contributed by atoms with Crippen molar-refractivity contribution in [2.75, 3.05) is 39.4 Å². The number of hydrogen-bond donors (Lipinski definition) is 0. The molecule has 0 aromatic heterocycles. The zero-order chi connectivity index (χ0) is 19.9. The molecule has 0 N–H and O–H groups in total. The summed E-state index contributed by atoms with van der Waals surface area (Å²) in [6.07, 6.45) is 0. The molecule has 6 nitrogen and oxygen atoms in total. The number of amides is 2. The van der Waals surface area contributed by atoms with Gasteiger partial charge in [-0.3, -0.25) is 9.59 Å². The van der Waals surface area contributed by atoms with Gasteiger partial charge in [0.05, 0.1) is 6.61 Å². The van der Waals surface area contributed by atoms with Crippen molar-refractivity contribution in [3.63, 3.8) is 0 Å². The number of nitrogens with zero attached hydrogens (tertiary/aromatic N) is 2. The molecule has 2 aromatic carbocycles. The molecule has 1 fully saturated rings. The number of carbonyl (C=O) groups is 2. The summed E-state index contributed by atoms with van der Waals surface area (Å²) < 4.78 is 11.0. The van der Waals surface area contributed by atoms with Crippen LogP contribution in [0.1, 0.15) is 22.8 Å². The first-order valence-corrected chi connectivity index (χ1v) is 9.57. The number of piperazine rings is 1. The Hall–Kier alpha value is -3.02. The maximum absolute atomic E-state index is 12.7. The van der Waals surface area contributed by atoms with Crippen molar-refractivity contribution in [1.29, 1.82) is 0 Å². The molecule has 2 aromatic rings. The summed E-state index contributed by atoms with van der Waals surface area (Å²) in [6, 6.07) is 14.8. The molecule has 0 bridgehead atoms. The van der Waals surface area contributed by atoms with Gasteiger partial charge in [-0.05, 0) is 49.7 Å². The fraction of sp³-hybridized carbons (Fsp3) is 0.364. The Kier molecular flexibility index (Phi) is 6.53. The third-order valence-corrected chi connectivity index (χ3v) is 4.79. The van der Waals surface area contributed by atoms with Crippen molar-refractivity contribution >= 4 is 11.8 Å². The summed E-state index contributed by atoms with van der Waals surface area (Å²) in [5.41, 5.74) is 1.69. The van der Waals surface area contributed by atoms with Crippen LogP contribution in [-0.4, -0.2) is 61.0 Å². The lowest BCUT2D eigenvalue weighted by Crippen LogP contribution is -2.51. The summed E-state index contributed by atoms with van der Waals surface area (Å²) >= 11 is 0. The molecule has 1 aliphatic heterocycles. The van der Waals surface area contributed by atoms with Gasteiger partial charge in [0, 0.05) is 31.7 Å². The van der Waals surface area contributed by atoms with Crippen molar-refractivity contribution in [1.82, 2.24) is 9.80 Å². The Balaban J connectivity index is 1.47. The predicted octanol–water partition coefficient (Wildman–Crippen LogP) is 2.76. The van der Waals surface area contributed by atoms with Gasteiger partial charge in [0.25, 0.3) is 11.8 Å². The first kappa shape index (κ1) is 19.7. The molecule has 3 rings (SSSR count). The monoisotopic (exact) mass is 382 g/mol. The molecule has 6 heteroatoms. The van der Waals surface area contributed by atoms with E-state index in [4.69, 9.17) is 9.47 Å². The molecular weight excluding hydrogens is 356 g/mol. The van der Waals surface area contributed by atoms with Gasteiger partial charge in [0.2, 0.25) is 0 Å². The first-order valence-electron chi connectivity index (χ1n) is 9.57. The van der Waals surface area contributed by atoms with E-state index in [0.717, 1.165) is 16.9 Å². The van der Waals surface area contributed by atoms with E-state index < -0.39 is 0 Å². The van der Waals surface area contributed by atoms with Crippen molar-refractivity contribution in [2.24, 2.45) is 0 Å². The Morgan fingerprint density at radius 3 is 2.04 bits per heavy atom. The van der Waals surface area contributed by atoms with Gasteiger partial charge in [-0.15, -0.1) is 0 Å². The fourth-order valence-electron chi connectivity index (χ4n) is 3.18. The molecule has 0 saturated carbocycles. The minimum Gasteiger partial charge on any atom is -0.494 e. The summed E-state index contributed by atoms with van der Waals surface area (Å²) in [7, 11) is 0. The molecule has 0 spiro atoms. The molecule has 0 radical (unpaired) electrons. The van der Waals surface area contributed by atoms with Gasteiger partial charge in [-0.1, -0.05) is 18.2 Å². The van der Waals surface area contributed by atoms with Gasteiger partial charge >= 0.3 is 0 Å². The number of hydrogen-bond acceptors (Lipinski definition) is 4. The van der Waals surface area contributed by atoms with Crippen LogP contribution in [0.4, 0.5) is 0 Å². The van der Waals surface area contributed by atoms with Gasteiger partial charge < -0.3 is 19.3 Å². The summed E-state index contributed by atoms with van der Waals surface area (Å²) in [5, 5.41) is 0. The summed E-state index contributed by atoms with van der Waals surface area (Å²) in [4.78, 5) is 28.6. The highest BCUT2D eigenvalue weighted by Gasteiger charge is 2.25. The van der Waals surface area contributed by atoms with E-state index >= 15 is 0 Å². The van der Waals surface area contributed by atoms with E-state index in [2.05, 4.69) is 0 Å². The van der Waals surface area contributed by atoms with E-state index in [1.807, 2.05) is 50.2 Å². The lowest BCUT2D eigenvalue weighted by molar-refractivity contribution is -0.134. The number of benzene rings is 2. The Labute approximate surface area is 165 Å². The first-order chi connectivity index (χ1) is 13.6. The second-order valence-electron chi connectivity index (χ2n) is 6.68. The van der Waals surface area contributed by atoms with Crippen LogP contribution in [0.25, 0.3) is 0 Å². The maximum atomic E-state index is 12.7. The molecule has 0 aliphatic carbocycles. The van der Waals surface area contributed by atoms with Crippen molar-refractivity contribution in [3.8, 4) is 11.5 Å². The normalized spacial score (nSPS) is 13.9. The van der Waals surface area contributed by atoms with Crippen LogP contribution in [0.2, 0.25) is 0 Å². The van der Waals surface area contributed by atoms with Crippen LogP contribution in [-0.2, 0) is 4.79 Å². The Morgan fingerprint density at radius 2 is 1.43 bits per heavy atom. The largest absolute Gasteiger partial charge is 0.494 e. The van der Waals surface area contributed by atoms with Crippen molar-refractivity contribution in [3.05, 3.63) is 59.7 Å². The van der Waals surface area contributed by atoms with E-state index in [0.29, 0.717) is 38.5 Å². The second kappa shape index (κ2) is 9.26. The quantitative estimate of drug-likeness (QED) is 0.771. The average Bonchev–Trinajstić information content (AvgIpc) is 2.73. The second-order valence-corrected chi connectivity index (χ2v) is 6.68. The summed E-state index contributed by atoms with van der Waals surface area (Å²) in [6.45, 7) is 6.55. The zero-order valence-electron chi connectivity index (χ0n) is 16.4. The minimum atomic E-state index is -0.0723. The average molecular weight is 382 g/mol. The lowest BCUT2D eigenvalue weighted by atomic mass is 10.1. The number of carbonyl (C=O) groups excluding carboxylic acids is 2. The van der Waals surface area contributed by atoms with Crippen LogP contribution in [0.3, 0.4) is 0 Å². The smallest absolute Gasteiger partial charge is 0.260 e. The standard InChI is InChI=1S/C22H26N2O4/c1-3-27-18-8-10-19(11-9-18)28-16-21(25)23-12-14-24(15-13-23)22(26)20-7-5-4-6-17(20)2/h4-11H,3,12-16H2,1-2H3.